The molecule has 0 atom stereocenters. The number of hydrogen-bond acceptors (Lipinski definition) is 1. The molecule has 0 fully saturated rings. The minimum absolute atomic E-state index is 0.554. The highest BCUT2D eigenvalue weighted by atomic mass is 16.1. The molecule has 1 N–H and O–H groups in total. The van der Waals surface area contributed by atoms with Gasteiger partial charge < -0.3 is 5.32 Å². The van der Waals surface area contributed by atoms with Crippen LogP contribution in [0.1, 0.15) is 13.8 Å². The van der Waals surface area contributed by atoms with E-state index in [-0.39, 0.29) is 0 Å². The molecule has 0 aliphatic heterocycles. The van der Waals surface area contributed by atoms with Gasteiger partial charge in [-0.2, -0.15) is 0 Å². The Hall–Kier alpha value is -0.970. The van der Waals surface area contributed by atoms with Crippen LogP contribution in [0, 0.1) is 12.3 Å². The Bertz CT molecular complexity index is 121. The SMILES string of the molecule is C#CC(C)(C)N[C]=O. The van der Waals surface area contributed by atoms with Gasteiger partial charge in [0.1, 0.15) is 0 Å². The first-order chi connectivity index (χ1) is 3.62. The topological polar surface area (TPSA) is 29.1 Å². The van der Waals surface area contributed by atoms with Crippen molar-refractivity contribution in [1.29, 1.82) is 0 Å². The van der Waals surface area contributed by atoms with Crippen molar-refractivity contribution in [3.8, 4) is 12.3 Å². The maximum Gasteiger partial charge on any atom is 0.310 e. The summed E-state index contributed by atoms with van der Waals surface area (Å²) in [6.07, 6.45) is 6.52. The molecule has 0 heterocycles. The van der Waals surface area contributed by atoms with Gasteiger partial charge in [-0.1, -0.05) is 5.92 Å². The van der Waals surface area contributed by atoms with Crippen LogP contribution < -0.4 is 5.32 Å². The van der Waals surface area contributed by atoms with Gasteiger partial charge in [0, 0.05) is 0 Å². The van der Waals surface area contributed by atoms with Crippen molar-refractivity contribution in [2.75, 3.05) is 0 Å². The first-order valence-electron chi connectivity index (χ1n) is 2.24. The summed E-state index contributed by atoms with van der Waals surface area (Å²) in [5, 5.41) is 2.33. The molecule has 0 saturated carbocycles. The molecule has 1 radical (unpaired) electrons. The third-order valence-electron chi connectivity index (χ3n) is 0.724. The van der Waals surface area contributed by atoms with E-state index in [0.717, 1.165) is 0 Å². The molecular formula is C6H8NO. The van der Waals surface area contributed by atoms with Crippen LogP contribution in [0.2, 0.25) is 0 Å². The molecule has 0 aromatic heterocycles. The van der Waals surface area contributed by atoms with Crippen molar-refractivity contribution in [2.45, 2.75) is 19.4 Å². The highest BCUT2D eigenvalue weighted by Gasteiger charge is 2.10. The molecule has 0 aromatic rings. The van der Waals surface area contributed by atoms with Gasteiger partial charge >= 0.3 is 6.41 Å². The van der Waals surface area contributed by atoms with Crippen molar-refractivity contribution in [3.05, 3.63) is 0 Å². The smallest absolute Gasteiger partial charge is 0.310 e. The molecule has 1 amide bonds. The van der Waals surface area contributed by atoms with Gasteiger partial charge in [-0.15, -0.1) is 6.42 Å². The van der Waals surface area contributed by atoms with E-state index in [0.29, 0.717) is 0 Å². The Morgan fingerprint density at radius 2 is 2.12 bits per heavy atom. The lowest BCUT2D eigenvalue weighted by Crippen LogP contribution is -2.36. The predicted molar refractivity (Wildman–Crippen MR) is 31.7 cm³/mol. The lowest BCUT2D eigenvalue weighted by molar-refractivity contribution is 0.507. The molecule has 8 heavy (non-hydrogen) atoms. The number of carbonyl (C=O) groups excluding carboxylic acids is 1. The molecule has 43 valence electrons. The first kappa shape index (κ1) is 7.03. The summed E-state index contributed by atoms with van der Waals surface area (Å²) >= 11 is 0. The van der Waals surface area contributed by atoms with E-state index in [1.54, 1.807) is 13.8 Å². The normalized spacial score (nSPS) is 9.62. The number of hydrogen-bond donors (Lipinski definition) is 1. The average molecular weight is 110 g/mol. The average Bonchev–Trinajstić information content (AvgIpc) is 1.67. The van der Waals surface area contributed by atoms with Crippen LogP contribution in [0.3, 0.4) is 0 Å². The third kappa shape index (κ3) is 2.25. The Kier molecular flexibility index (Phi) is 2.08. The standard InChI is InChI=1S/C6H8NO/c1-4-6(2,3)7-5-8/h1H,2-3H3,(H,7,8). The molecular weight excluding hydrogens is 102 g/mol. The Balaban J connectivity index is 3.76. The van der Waals surface area contributed by atoms with Crippen LogP contribution >= 0.6 is 0 Å². The molecule has 0 rings (SSSR count). The van der Waals surface area contributed by atoms with Gasteiger partial charge in [0.2, 0.25) is 0 Å². The molecule has 0 aliphatic rings. The van der Waals surface area contributed by atoms with Crippen LogP contribution in [-0.4, -0.2) is 11.9 Å². The highest BCUT2D eigenvalue weighted by molar-refractivity contribution is 5.50. The fourth-order valence-electron chi connectivity index (χ4n) is 0.164. The number of nitrogens with one attached hydrogen (secondary N) is 1. The predicted octanol–water partition coefficient (Wildman–Crippen LogP) is 0.0550. The van der Waals surface area contributed by atoms with Crippen molar-refractivity contribution in [3.63, 3.8) is 0 Å². The van der Waals surface area contributed by atoms with E-state index in [1.165, 1.54) is 6.41 Å². The lowest BCUT2D eigenvalue weighted by Gasteiger charge is -2.13. The maximum absolute atomic E-state index is 9.65. The van der Waals surface area contributed by atoms with E-state index >= 15 is 0 Å². The summed E-state index contributed by atoms with van der Waals surface area (Å²) < 4.78 is 0. The molecule has 0 aliphatic carbocycles. The van der Waals surface area contributed by atoms with Crippen molar-refractivity contribution in [2.24, 2.45) is 0 Å². The highest BCUT2D eigenvalue weighted by Crippen LogP contribution is 1.94. The fourth-order valence-corrected chi connectivity index (χ4v) is 0.164. The zero-order chi connectivity index (χ0) is 6.62. The van der Waals surface area contributed by atoms with Crippen LogP contribution in [-0.2, 0) is 4.79 Å². The van der Waals surface area contributed by atoms with Crippen LogP contribution in [0.5, 0.6) is 0 Å². The summed E-state index contributed by atoms with van der Waals surface area (Å²) in [6, 6.07) is 0. The van der Waals surface area contributed by atoms with Crippen molar-refractivity contribution >= 4 is 6.41 Å². The Morgan fingerprint density at radius 3 is 2.25 bits per heavy atom. The van der Waals surface area contributed by atoms with Crippen LogP contribution in [0.25, 0.3) is 0 Å². The van der Waals surface area contributed by atoms with Gasteiger partial charge in [-0.25, -0.2) is 0 Å². The van der Waals surface area contributed by atoms with E-state index in [9.17, 15) is 4.79 Å². The summed E-state index contributed by atoms with van der Waals surface area (Å²) in [7, 11) is 0. The maximum atomic E-state index is 9.65. The van der Waals surface area contributed by atoms with Crippen LogP contribution in [0.4, 0.5) is 0 Å². The Labute approximate surface area is 49.3 Å². The van der Waals surface area contributed by atoms with Gasteiger partial charge in [-0.3, -0.25) is 4.79 Å². The monoisotopic (exact) mass is 110 g/mol. The molecule has 2 nitrogen and oxygen atoms in total. The summed E-state index contributed by atoms with van der Waals surface area (Å²) in [5.74, 6) is 2.37. The van der Waals surface area contributed by atoms with Crippen molar-refractivity contribution < 1.29 is 4.79 Å². The molecule has 0 bridgehead atoms. The van der Waals surface area contributed by atoms with E-state index in [4.69, 9.17) is 6.42 Å². The van der Waals surface area contributed by atoms with Gasteiger partial charge in [-0.05, 0) is 13.8 Å². The van der Waals surface area contributed by atoms with E-state index < -0.39 is 5.54 Å². The quantitative estimate of drug-likeness (QED) is 0.395. The second-order valence-electron chi connectivity index (χ2n) is 2.00. The summed E-state index contributed by atoms with van der Waals surface area (Å²) in [5.41, 5.74) is -0.554. The largest absolute Gasteiger partial charge is 0.332 e. The Morgan fingerprint density at radius 1 is 1.62 bits per heavy atom. The first-order valence-corrected chi connectivity index (χ1v) is 2.24. The molecule has 0 unspecified atom stereocenters. The van der Waals surface area contributed by atoms with E-state index in [2.05, 4.69) is 11.2 Å². The molecule has 0 spiro atoms. The number of terminal acetylenes is 1. The second-order valence-corrected chi connectivity index (χ2v) is 2.00. The molecule has 2 heteroatoms. The van der Waals surface area contributed by atoms with Gasteiger partial charge in [0.15, 0.2) is 0 Å². The molecule has 0 saturated heterocycles. The van der Waals surface area contributed by atoms with Gasteiger partial charge in [0.05, 0.1) is 5.54 Å². The zero-order valence-corrected chi connectivity index (χ0v) is 4.99. The lowest BCUT2D eigenvalue weighted by atomic mass is 10.1. The number of rotatable bonds is 2. The summed E-state index contributed by atoms with van der Waals surface area (Å²) in [6.45, 7) is 3.44. The van der Waals surface area contributed by atoms with E-state index in [1.807, 2.05) is 0 Å². The summed E-state index contributed by atoms with van der Waals surface area (Å²) in [4.78, 5) is 9.65. The minimum atomic E-state index is -0.554. The minimum Gasteiger partial charge on any atom is -0.332 e. The van der Waals surface area contributed by atoms with Crippen LogP contribution in [0.15, 0.2) is 0 Å². The van der Waals surface area contributed by atoms with Gasteiger partial charge in [0.25, 0.3) is 0 Å². The molecule has 0 aromatic carbocycles. The fraction of sp³-hybridized carbons (Fsp3) is 0.500. The third-order valence-corrected chi connectivity index (χ3v) is 0.724. The van der Waals surface area contributed by atoms with Crippen molar-refractivity contribution in [1.82, 2.24) is 5.32 Å². The number of amides is 1. The zero-order valence-electron chi connectivity index (χ0n) is 4.99. The second kappa shape index (κ2) is 2.37.